The topological polar surface area (TPSA) is 3.24 Å². The molecule has 1 fully saturated rings. The lowest BCUT2D eigenvalue weighted by Gasteiger charge is -2.33. The summed E-state index contributed by atoms with van der Waals surface area (Å²) in [6.07, 6.45) is 3.85. The number of hydrogen-bond acceptors (Lipinski definition) is 1. The third-order valence-electron chi connectivity index (χ3n) is 2.51. The van der Waals surface area contributed by atoms with Gasteiger partial charge in [0.1, 0.15) is 0 Å². The normalized spacial score (nSPS) is 25.3. The van der Waals surface area contributed by atoms with Crippen molar-refractivity contribution in [3.8, 4) is 0 Å². The monoisotopic (exact) mass is 153 g/mol. The zero-order valence-corrected chi connectivity index (χ0v) is 7.77. The van der Waals surface area contributed by atoms with Crippen molar-refractivity contribution < 1.29 is 0 Å². The zero-order chi connectivity index (χ0) is 8.27. The van der Waals surface area contributed by atoms with Crippen LogP contribution in [0.4, 0.5) is 0 Å². The highest BCUT2D eigenvalue weighted by atomic mass is 15.1. The van der Waals surface area contributed by atoms with E-state index in [4.69, 9.17) is 0 Å². The van der Waals surface area contributed by atoms with E-state index in [9.17, 15) is 0 Å². The van der Waals surface area contributed by atoms with Crippen LogP contribution in [-0.2, 0) is 0 Å². The van der Waals surface area contributed by atoms with Gasteiger partial charge in [-0.2, -0.15) is 0 Å². The van der Waals surface area contributed by atoms with E-state index < -0.39 is 0 Å². The predicted octanol–water partition coefficient (Wildman–Crippen LogP) is 2.64. The van der Waals surface area contributed by atoms with E-state index in [0.717, 1.165) is 12.3 Å². The molecule has 0 aromatic rings. The summed E-state index contributed by atoms with van der Waals surface area (Å²) >= 11 is 0. The molecule has 1 unspecified atom stereocenters. The Bertz CT molecular complexity index is 140. The maximum atomic E-state index is 4.06. The van der Waals surface area contributed by atoms with Gasteiger partial charge in [0, 0.05) is 18.8 Å². The molecule has 11 heavy (non-hydrogen) atoms. The van der Waals surface area contributed by atoms with Crippen LogP contribution < -0.4 is 0 Å². The maximum Gasteiger partial charge on any atom is 0.0200 e. The first-order chi connectivity index (χ1) is 5.24. The van der Waals surface area contributed by atoms with E-state index in [1.165, 1.54) is 31.6 Å². The molecule has 0 aromatic carbocycles. The van der Waals surface area contributed by atoms with Gasteiger partial charge in [-0.05, 0) is 25.2 Å². The molecule has 0 saturated carbocycles. The number of piperidine rings is 1. The van der Waals surface area contributed by atoms with Gasteiger partial charge in [0.2, 0.25) is 0 Å². The predicted molar refractivity (Wildman–Crippen MR) is 49.4 cm³/mol. The minimum Gasteiger partial charge on any atom is -0.375 e. The summed E-state index contributed by atoms with van der Waals surface area (Å²) in [7, 11) is 0. The standard InChI is InChI=1S/C10H19N/c1-4-10(3)11-7-5-6-9(2)8-11/h9H,3-8H2,1-2H3. The molecule has 1 nitrogen and oxygen atoms in total. The molecule has 1 atom stereocenters. The van der Waals surface area contributed by atoms with E-state index in [2.05, 4.69) is 25.3 Å². The van der Waals surface area contributed by atoms with Gasteiger partial charge in [-0.3, -0.25) is 0 Å². The number of likely N-dealkylation sites (tertiary alicyclic amines) is 1. The summed E-state index contributed by atoms with van der Waals surface area (Å²) in [6.45, 7) is 11.0. The van der Waals surface area contributed by atoms with E-state index in [0.29, 0.717) is 0 Å². The molecule has 1 aliphatic heterocycles. The van der Waals surface area contributed by atoms with E-state index in [1.807, 2.05) is 0 Å². The van der Waals surface area contributed by atoms with E-state index >= 15 is 0 Å². The number of hydrogen-bond donors (Lipinski definition) is 0. The Balaban J connectivity index is 2.39. The fourth-order valence-corrected chi connectivity index (χ4v) is 1.70. The van der Waals surface area contributed by atoms with Crippen molar-refractivity contribution in [2.75, 3.05) is 13.1 Å². The van der Waals surface area contributed by atoms with Crippen LogP contribution in [0.15, 0.2) is 12.3 Å². The lowest BCUT2D eigenvalue weighted by atomic mass is 10.00. The summed E-state index contributed by atoms with van der Waals surface area (Å²) in [5, 5.41) is 0. The molecule has 0 aliphatic carbocycles. The molecule has 0 radical (unpaired) electrons. The molecule has 0 spiro atoms. The van der Waals surface area contributed by atoms with Gasteiger partial charge in [-0.25, -0.2) is 0 Å². The minimum absolute atomic E-state index is 0.868. The Hall–Kier alpha value is -0.460. The first-order valence-corrected chi connectivity index (χ1v) is 4.66. The van der Waals surface area contributed by atoms with Crippen LogP contribution in [0, 0.1) is 5.92 Å². The molecule has 1 aliphatic rings. The summed E-state index contributed by atoms with van der Waals surface area (Å²) < 4.78 is 0. The molecule has 0 N–H and O–H groups in total. The third-order valence-corrected chi connectivity index (χ3v) is 2.51. The highest BCUT2D eigenvalue weighted by Crippen LogP contribution is 2.19. The van der Waals surface area contributed by atoms with Crippen LogP contribution in [0.2, 0.25) is 0 Å². The summed E-state index contributed by atoms with van der Waals surface area (Å²) in [5.74, 6) is 0.868. The first-order valence-electron chi connectivity index (χ1n) is 4.66. The molecule has 0 bridgehead atoms. The van der Waals surface area contributed by atoms with Gasteiger partial charge >= 0.3 is 0 Å². The summed E-state index contributed by atoms with van der Waals surface area (Å²) in [4.78, 5) is 2.44. The van der Waals surface area contributed by atoms with Gasteiger partial charge in [0.25, 0.3) is 0 Å². The molecule has 1 saturated heterocycles. The lowest BCUT2D eigenvalue weighted by molar-refractivity contribution is 0.225. The number of nitrogens with zero attached hydrogens (tertiary/aromatic N) is 1. The van der Waals surface area contributed by atoms with Gasteiger partial charge in [-0.15, -0.1) is 0 Å². The lowest BCUT2D eigenvalue weighted by Crippen LogP contribution is -2.33. The van der Waals surface area contributed by atoms with Gasteiger partial charge in [0.15, 0.2) is 0 Å². The van der Waals surface area contributed by atoms with Gasteiger partial charge < -0.3 is 4.90 Å². The molecule has 1 rings (SSSR count). The molecule has 0 aromatic heterocycles. The Morgan fingerprint density at radius 3 is 2.91 bits per heavy atom. The van der Waals surface area contributed by atoms with Crippen LogP contribution in [0.5, 0.6) is 0 Å². The summed E-state index contributed by atoms with van der Waals surface area (Å²) in [6, 6.07) is 0. The van der Waals surface area contributed by atoms with Crippen molar-refractivity contribution in [3.05, 3.63) is 12.3 Å². The first kappa shape index (κ1) is 8.63. The van der Waals surface area contributed by atoms with Crippen molar-refractivity contribution in [3.63, 3.8) is 0 Å². The van der Waals surface area contributed by atoms with Crippen molar-refractivity contribution in [2.24, 2.45) is 5.92 Å². The van der Waals surface area contributed by atoms with Crippen molar-refractivity contribution in [1.29, 1.82) is 0 Å². The highest BCUT2D eigenvalue weighted by Gasteiger charge is 2.15. The fraction of sp³-hybridized carbons (Fsp3) is 0.800. The van der Waals surface area contributed by atoms with E-state index in [1.54, 1.807) is 0 Å². The second-order valence-corrected chi connectivity index (χ2v) is 3.61. The Morgan fingerprint density at radius 1 is 1.64 bits per heavy atom. The van der Waals surface area contributed by atoms with Crippen LogP contribution in [0.3, 0.4) is 0 Å². The molecule has 64 valence electrons. The van der Waals surface area contributed by atoms with Gasteiger partial charge in [0.05, 0.1) is 0 Å². The highest BCUT2D eigenvalue weighted by molar-refractivity contribution is 4.94. The maximum absolute atomic E-state index is 4.06. The smallest absolute Gasteiger partial charge is 0.0200 e. The average molecular weight is 153 g/mol. The second kappa shape index (κ2) is 3.80. The van der Waals surface area contributed by atoms with Crippen LogP contribution in [0.25, 0.3) is 0 Å². The second-order valence-electron chi connectivity index (χ2n) is 3.61. The van der Waals surface area contributed by atoms with Crippen LogP contribution in [0.1, 0.15) is 33.1 Å². The SMILES string of the molecule is C=C(CC)N1CCCC(C)C1. The Kier molecular flexibility index (Phi) is 2.98. The van der Waals surface area contributed by atoms with E-state index in [-0.39, 0.29) is 0 Å². The Morgan fingerprint density at radius 2 is 2.36 bits per heavy atom. The van der Waals surface area contributed by atoms with Crippen molar-refractivity contribution in [1.82, 2.24) is 4.90 Å². The van der Waals surface area contributed by atoms with Crippen LogP contribution in [-0.4, -0.2) is 18.0 Å². The van der Waals surface area contributed by atoms with Crippen molar-refractivity contribution >= 4 is 0 Å². The molecular weight excluding hydrogens is 134 g/mol. The largest absolute Gasteiger partial charge is 0.375 e. The minimum atomic E-state index is 0.868. The zero-order valence-electron chi connectivity index (χ0n) is 7.77. The quantitative estimate of drug-likeness (QED) is 0.589. The summed E-state index contributed by atoms with van der Waals surface area (Å²) in [5.41, 5.74) is 1.32. The average Bonchev–Trinajstić information content (AvgIpc) is 2.03. The fourth-order valence-electron chi connectivity index (χ4n) is 1.70. The molecular formula is C10H19N. The Labute approximate surface area is 70.1 Å². The van der Waals surface area contributed by atoms with Crippen molar-refractivity contribution in [2.45, 2.75) is 33.1 Å². The third kappa shape index (κ3) is 2.25. The van der Waals surface area contributed by atoms with Gasteiger partial charge in [-0.1, -0.05) is 20.4 Å². The molecule has 1 heteroatoms. The van der Waals surface area contributed by atoms with Crippen LogP contribution >= 0.6 is 0 Å². The number of allylic oxidation sites excluding steroid dienone is 1. The molecule has 0 amide bonds. The molecule has 1 heterocycles. The number of rotatable bonds is 2.